The summed E-state index contributed by atoms with van der Waals surface area (Å²) in [5.74, 6) is 2.10. The molecule has 0 spiro atoms. The van der Waals surface area contributed by atoms with Crippen LogP contribution in [-0.4, -0.2) is 4.98 Å². The number of hydrogen-bond acceptors (Lipinski definition) is 2. The average Bonchev–Trinajstić information content (AvgIpc) is 3.21. The van der Waals surface area contributed by atoms with Crippen LogP contribution < -0.4 is 5.73 Å². The fourth-order valence-corrected chi connectivity index (χ4v) is 2.63. The third-order valence-electron chi connectivity index (χ3n) is 3.72. The Bertz CT molecular complexity index is 518. The quantitative estimate of drug-likeness (QED) is 0.886. The van der Waals surface area contributed by atoms with Crippen molar-refractivity contribution in [1.82, 2.24) is 4.98 Å². The van der Waals surface area contributed by atoms with E-state index in [-0.39, 0.29) is 0 Å². The van der Waals surface area contributed by atoms with Gasteiger partial charge < -0.3 is 5.73 Å². The van der Waals surface area contributed by atoms with Crippen molar-refractivity contribution in [2.45, 2.75) is 25.2 Å². The van der Waals surface area contributed by atoms with E-state index in [0.717, 1.165) is 12.3 Å². The smallest absolute Gasteiger partial charge is 0.123 e. The molecule has 18 heavy (non-hydrogen) atoms. The molecule has 1 unspecified atom stereocenters. The number of nitrogens with two attached hydrogens (primary N) is 1. The normalized spacial score (nSPS) is 16.4. The lowest BCUT2D eigenvalue weighted by Gasteiger charge is -2.17. The second-order valence-electron chi connectivity index (χ2n) is 5.15. The van der Waals surface area contributed by atoms with Crippen molar-refractivity contribution in [3.63, 3.8) is 0 Å². The van der Waals surface area contributed by atoms with Crippen LogP contribution in [-0.2, 0) is 6.42 Å². The predicted octanol–water partition coefficient (Wildman–Crippen LogP) is 3.40. The molecule has 3 rings (SSSR count). The number of rotatable bonds is 4. The summed E-state index contributed by atoms with van der Waals surface area (Å²) in [5, 5.41) is 0. The average molecular weight is 238 g/mol. The molecule has 0 saturated heterocycles. The summed E-state index contributed by atoms with van der Waals surface area (Å²) in [5.41, 5.74) is 8.50. The SMILES string of the molecule is Nc1cc(CC(c2ccccc2)C2CC2)ccn1. The van der Waals surface area contributed by atoms with E-state index in [1.54, 1.807) is 6.20 Å². The van der Waals surface area contributed by atoms with E-state index in [1.165, 1.54) is 24.0 Å². The zero-order valence-corrected chi connectivity index (χ0v) is 10.4. The summed E-state index contributed by atoms with van der Waals surface area (Å²) < 4.78 is 0. The molecular formula is C16H18N2. The first-order chi connectivity index (χ1) is 8.83. The maximum atomic E-state index is 5.75. The van der Waals surface area contributed by atoms with E-state index in [9.17, 15) is 0 Å². The van der Waals surface area contributed by atoms with Crippen molar-refractivity contribution >= 4 is 5.82 Å². The summed E-state index contributed by atoms with van der Waals surface area (Å²) in [6.07, 6.45) is 5.60. The molecule has 92 valence electrons. The van der Waals surface area contributed by atoms with E-state index >= 15 is 0 Å². The van der Waals surface area contributed by atoms with Gasteiger partial charge in [0, 0.05) is 6.20 Å². The maximum Gasteiger partial charge on any atom is 0.123 e. The van der Waals surface area contributed by atoms with Crippen LogP contribution in [0.15, 0.2) is 48.7 Å². The topological polar surface area (TPSA) is 38.9 Å². The first-order valence-corrected chi connectivity index (χ1v) is 6.58. The van der Waals surface area contributed by atoms with Gasteiger partial charge in [-0.15, -0.1) is 0 Å². The standard InChI is InChI=1S/C16H18N2/c17-16-11-12(8-9-18-16)10-15(14-6-7-14)13-4-2-1-3-5-13/h1-5,8-9,11,14-15H,6-7,10H2,(H2,17,18). The highest BCUT2D eigenvalue weighted by Gasteiger charge is 2.32. The number of nitrogen functional groups attached to an aromatic ring is 1. The lowest BCUT2D eigenvalue weighted by Crippen LogP contribution is -2.06. The molecule has 1 aliphatic carbocycles. The molecule has 0 bridgehead atoms. The Balaban J connectivity index is 1.83. The van der Waals surface area contributed by atoms with Gasteiger partial charge in [0.05, 0.1) is 0 Å². The van der Waals surface area contributed by atoms with Crippen LogP contribution in [0.1, 0.15) is 29.9 Å². The van der Waals surface area contributed by atoms with Gasteiger partial charge in [-0.1, -0.05) is 30.3 Å². The van der Waals surface area contributed by atoms with E-state index in [4.69, 9.17) is 5.73 Å². The molecule has 1 aliphatic rings. The van der Waals surface area contributed by atoms with Gasteiger partial charge in [-0.2, -0.15) is 0 Å². The molecule has 1 saturated carbocycles. The van der Waals surface area contributed by atoms with E-state index in [1.807, 2.05) is 6.07 Å². The van der Waals surface area contributed by atoms with Crippen molar-refractivity contribution in [3.8, 4) is 0 Å². The molecule has 1 aromatic carbocycles. The summed E-state index contributed by atoms with van der Waals surface area (Å²) in [7, 11) is 0. The summed E-state index contributed by atoms with van der Waals surface area (Å²) in [6.45, 7) is 0. The van der Waals surface area contributed by atoms with Crippen molar-refractivity contribution in [3.05, 3.63) is 59.8 Å². The maximum absolute atomic E-state index is 5.75. The first kappa shape index (κ1) is 11.3. The molecule has 0 aliphatic heterocycles. The fraction of sp³-hybridized carbons (Fsp3) is 0.312. The van der Waals surface area contributed by atoms with Crippen molar-refractivity contribution in [2.24, 2.45) is 5.92 Å². The molecule has 2 aromatic rings. The Morgan fingerprint density at radius 3 is 2.61 bits per heavy atom. The summed E-state index contributed by atoms with van der Waals surface area (Å²) >= 11 is 0. The Labute approximate surface area is 108 Å². The van der Waals surface area contributed by atoms with Crippen LogP contribution in [0.3, 0.4) is 0 Å². The number of anilines is 1. The van der Waals surface area contributed by atoms with Gasteiger partial charge in [0.25, 0.3) is 0 Å². The van der Waals surface area contributed by atoms with Crippen molar-refractivity contribution < 1.29 is 0 Å². The molecular weight excluding hydrogens is 220 g/mol. The summed E-state index contributed by atoms with van der Waals surface area (Å²) in [6, 6.07) is 14.9. The molecule has 0 amide bonds. The van der Waals surface area contributed by atoms with E-state index in [0.29, 0.717) is 11.7 Å². The van der Waals surface area contributed by atoms with Crippen LogP contribution in [0.5, 0.6) is 0 Å². The Kier molecular flexibility index (Phi) is 3.01. The zero-order valence-electron chi connectivity index (χ0n) is 10.4. The number of hydrogen-bond donors (Lipinski definition) is 1. The number of aromatic nitrogens is 1. The van der Waals surface area contributed by atoms with Crippen LogP contribution in [0.4, 0.5) is 5.82 Å². The minimum Gasteiger partial charge on any atom is -0.384 e. The van der Waals surface area contributed by atoms with Crippen LogP contribution in [0.25, 0.3) is 0 Å². The molecule has 2 heteroatoms. The van der Waals surface area contributed by atoms with E-state index < -0.39 is 0 Å². The van der Waals surface area contributed by atoms with Crippen molar-refractivity contribution in [1.29, 1.82) is 0 Å². The number of benzene rings is 1. The Morgan fingerprint density at radius 1 is 1.17 bits per heavy atom. The lowest BCUT2D eigenvalue weighted by molar-refractivity contribution is 0.602. The van der Waals surface area contributed by atoms with Gasteiger partial charge in [0.1, 0.15) is 5.82 Å². The van der Waals surface area contributed by atoms with Gasteiger partial charge in [0.2, 0.25) is 0 Å². The minimum atomic E-state index is 0.620. The number of nitrogens with zero attached hydrogens (tertiary/aromatic N) is 1. The van der Waals surface area contributed by atoms with Gasteiger partial charge in [-0.25, -0.2) is 4.98 Å². The second kappa shape index (κ2) is 4.81. The molecule has 1 fully saturated rings. The molecule has 0 radical (unpaired) electrons. The monoisotopic (exact) mass is 238 g/mol. The predicted molar refractivity (Wildman–Crippen MR) is 74.3 cm³/mol. The van der Waals surface area contributed by atoms with Crippen LogP contribution in [0, 0.1) is 5.92 Å². The first-order valence-electron chi connectivity index (χ1n) is 6.58. The zero-order chi connectivity index (χ0) is 12.4. The highest BCUT2D eigenvalue weighted by molar-refractivity contribution is 5.34. The second-order valence-corrected chi connectivity index (χ2v) is 5.15. The third kappa shape index (κ3) is 2.53. The highest BCUT2D eigenvalue weighted by atomic mass is 14.8. The molecule has 1 heterocycles. The van der Waals surface area contributed by atoms with Gasteiger partial charge in [-0.3, -0.25) is 0 Å². The van der Waals surface area contributed by atoms with Gasteiger partial charge in [0.15, 0.2) is 0 Å². The van der Waals surface area contributed by atoms with Crippen molar-refractivity contribution in [2.75, 3.05) is 5.73 Å². The van der Waals surface area contributed by atoms with Crippen LogP contribution >= 0.6 is 0 Å². The third-order valence-corrected chi connectivity index (χ3v) is 3.72. The summed E-state index contributed by atoms with van der Waals surface area (Å²) in [4.78, 5) is 4.06. The largest absolute Gasteiger partial charge is 0.384 e. The minimum absolute atomic E-state index is 0.620. The molecule has 1 aromatic heterocycles. The Morgan fingerprint density at radius 2 is 1.94 bits per heavy atom. The van der Waals surface area contributed by atoms with E-state index in [2.05, 4.69) is 41.4 Å². The lowest BCUT2D eigenvalue weighted by atomic mass is 9.88. The van der Waals surface area contributed by atoms with Gasteiger partial charge >= 0.3 is 0 Å². The molecule has 2 nitrogen and oxygen atoms in total. The highest BCUT2D eigenvalue weighted by Crippen LogP contribution is 2.44. The van der Waals surface area contributed by atoms with Crippen LogP contribution in [0.2, 0.25) is 0 Å². The fourth-order valence-electron chi connectivity index (χ4n) is 2.63. The number of pyridine rings is 1. The molecule has 2 N–H and O–H groups in total. The Hall–Kier alpha value is -1.83. The van der Waals surface area contributed by atoms with Gasteiger partial charge in [-0.05, 0) is 54.4 Å². The molecule has 1 atom stereocenters.